The molecule has 150 valence electrons. The van der Waals surface area contributed by atoms with Gasteiger partial charge in [0.2, 0.25) is 11.8 Å². The number of hydrogen-bond acceptors (Lipinski definition) is 7. The SMILES string of the molecule is CCCN(CC(=O)Nc1ccc2[nH]c(=O)[nH]c2c1)Cc1nnc(-c2cccs2)o1. The van der Waals surface area contributed by atoms with Gasteiger partial charge in [0.25, 0.3) is 5.89 Å². The van der Waals surface area contributed by atoms with Gasteiger partial charge in [0, 0.05) is 5.69 Å². The number of rotatable bonds is 8. The number of aromatic nitrogens is 4. The lowest BCUT2D eigenvalue weighted by molar-refractivity contribution is -0.117. The molecule has 0 fully saturated rings. The lowest BCUT2D eigenvalue weighted by atomic mass is 10.2. The van der Waals surface area contributed by atoms with Gasteiger partial charge in [-0.25, -0.2) is 4.79 Å². The minimum absolute atomic E-state index is 0.159. The summed E-state index contributed by atoms with van der Waals surface area (Å²) in [5.41, 5.74) is 1.68. The fourth-order valence-corrected chi connectivity index (χ4v) is 3.70. The van der Waals surface area contributed by atoms with E-state index in [0.717, 1.165) is 11.3 Å². The Kier molecular flexibility index (Phi) is 5.54. The zero-order chi connectivity index (χ0) is 20.2. The number of hydrogen-bond donors (Lipinski definition) is 3. The van der Waals surface area contributed by atoms with Crippen LogP contribution in [-0.2, 0) is 11.3 Å². The number of carbonyl (C=O) groups excluding carboxylic acids is 1. The van der Waals surface area contributed by atoms with E-state index in [1.165, 1.54) is 11.3 Å². The van der Waals surface area contributed by atoms with E-state index < -0.39 is 0 Å². The summed E-state index contributed by atoms with van der Waals surface area (Å²) in [5.74, 6) is 0.805. The molecular weight excluding hydrogens is 392 g/mol. The first-order chi connectivity index (χ1) is 14.1. The minimum Gasteiger partial charge on any atom is -0.419 e. The van der Waals surface area contributed by atoms with Crippen LogP contribution in [0.25, 0.3) is 21.8 Å². The molecule has 0 spiro atoms. The molecule has 0 saturated heterocycles. The normalized spacial score (nSPS) is 11.4. The van der Waals surface area contributed by atoms with E-state index in [4.69, 9.17) is 4.42 Å². The third-order valence-electron chi connectivity index (χ3n) is 4.26. The van der Waals surface area contributed by atoms with Crippen LogP contribution in [0.5, 0.6) is 0 Å². The Morgan fingerprint density at radius 3 is 2.90 bits per heavy atom. The Bertz CT molecular complexity index is 1160. The summed E-state index contributed by atoms with van der Waals surface area (Å²) in [5, 5.41) is 13.0. The largest absolute Gasteiger partial charge is 0.419 e. The van der Waals surface area contributed by atoms with Crippen LogP contribution in [0.4, 0.5) is 5.69 Å². The zero-order valence-corrected chi connectivity index (χ0v) is 16.6. The number of anilines is 1. The molecule has 0 atom stereocenters. The van der Waals surface area contributed by atoms with E-state index in [1.807, 2.05) is 29.3 Å². The van der Waals surface area contributed by atoms with E-state index in [9.17, 15) is 9.59 Å². The third-order valence-corrected chi connectivity index (χ3v) is 5.12. The van der Waals surface area contributed by atoms with Crippen LogP contribution in [0.3, 0.4) is 0 Å². The number of carbonyl (C=O) groups is 1. The maximum Gasteiger partial charge on any atom is 0.323 e. The van der Waals surface area contributed by atoms with E-state index in [0.29, 0.717) is 41.6 Å². The van der Waals surface area contributed by atoms with Gasteiger partial charge < -0.3 is 19.7 Å². The molecule has 0 unspecified atom stereocenters. The third kappa shape index (κ3) is 4.61. The van der Waals surface area contributed by atoms with Gasteiger partial charge in [-0.15, -0.1) is 21.5 Å². The van der Waals surface area contributed by atoms with Crippen molar-refractivity contribution in [2.24, 2.45) is 0 Å². The highest BCUT2D eigenvalue weighted by Crippen LogP contribution is 2.23. The predicted molar refractivity (Wildman–Crippen MR) is 111 cm³/mol. The lowest BCUT2D eigenvalue weighted by Gasteiger charge is -2.19. The Hall–Kier alpha value is -3.24. The fraction of sp³-hybridized carbons (Fsp3) is 0.263. The number of imidazole rings is 1. The summed E-state index contributed by atoms with van der Waals surface area (Å²) >= 11 is 1.53. The summed E-state index contributed by atoms with van der Waals surface area (Å²) in [7, 11) is 0. The Balaban J connectivity index is 1.40. The molecule has 0 aliphatic heterocycles. The fourth-order valence-electron chi connectivity index (χ4n) is 3.05. The zero-order valence-electron chi connectivity index (χ0n) is 15.8. The number of benzene rings is 1. The van der Waals surface area contributed by atoms with E-state index in [2.05, 4.69) is 25.5 Å². The maximum atomic E-state index is 12.5. The van der Waals surface area contributed by atoms with Crippen LogP contribution in [0.15, 0.2) is 44.9 Å². The highest BCUT2D eigenvalue weighted by atomic mass is 32.1. The van der Waals surface area contributed by atoms with Crippen molar-refractivity contribution in [1.82, 2.24) is 25.1 Å². The summed E-state index contributed by atoms with van der Waals surface area (Å²) in [6, 6.07) is 9.07. The topological polar surface area (TPSA) is 120 Å². The van der Waals surface area contributed by atoms with Gasteiger partial charge in [-0.05, 0) is 42.6 Å². The van der Waals surface area contributed by atoms with Crippen LogP contribution in [0.1, 0.15) is 19.2 Å². The molecule has 1 aromatic carbocycles. The molecule has 29 heavy (non-hydrogen) atoms. The van der Waals surface area contributed by atoms with Crippen molar-refractivity contribution in [1.29, 1.82) is 0 Å². The minimum atomic E-state index is -0.279. The van der Waals surface area contributed by atoms with Crippen molar-refractivity contribution in [3.63, 3.8) is 0 Å². The molecule has 0 aliphatic carbocycles. The van der Waals surface area contributed by atoms with Crippen LogP contribution in [0.2, 0.25) is 0 Å². The van der Waals surface area contributed by atoms with E-state index in [1.54, 1.807) is 18.2 Å². The second-order valence-electron chi connectivity index (χ2n) is 6.58. The number of nitrogens with one attached hydrogen (secondary N) is 3. The van der Waals surface area contributed by atoms with Gasteiger partial charge in [0.1, 0.15) is 0 Å². The van der Waals surface area contributed by atoms with E-state index >= 15 is 0 Å². The van der Waals surface area contributed by atoms with Gasteiger partial charge in [0.05, 0.1) is 29.0 Å². The van der Waals surface area contributed by atoms with Crippen molar-refractivity contribution in [3.8, 4) is 10.8 Å². The quantitative estimate of drug-likeness (QED) is 0.409. The Morgan fingerprint density at radius 2 is 2.10 bits per heavy atom. The molecule has 3 heterocycles. The average Bonchev–Trinajstić information content (AvgIpc) is 3.41. The average molecular weight is 412 g/mol. The van der Waals surface area contributed by atoms with Crippen LogP contribution in [-0.4, -0.2) is 44.1 Å². The molecule has 0 bridgehead atoms. The standard InChI is InChI=1S/C19H20N6O3S/c1-2-7-25(11-17-23-24-18(28-17)15-4-3-8-29-15)10-16(26)20-12-5-6-13-14(9-12)22-19(27)21-13/h3-6,8-9H,2,7,10-11H2,1H3,(H,20,26)(H2,21,22,27). The van der Waals surface area contributed by atoms with Crippen molar-refractivity contribution < 1.29 is 9.21 Å². The van der Waals surface area contributed by atoms with Crippen molar-refractivity contribution >= 4 is 34.0 Å². The summed E-state index contributed by atoms with van der Waals surface area (Å²) in [4.78, 5) is 32.1. The summed E-state index contributed by atoms with van der Waals surface area (Å²) in [6.07, 6.45) is 0.885. The molecule has 4 aromatic rings. The molecule has 1 amide bonds. The molecule has 9 nitrogen and oxygen atoms in total. The van der Waals surface area contributed by atoms with Gasteiger partial charge in [0.15, 0.2) is 0 Å². The number of thiophene rings is 1. The number of fused-ring (bicyclic) bond motifs is 1. The second-order valence-corrected chi connectivity index (χ2v) is 7.52. The van der Waals surface area contributed by atoms with E-state index in [-0.39, 0.29) is 18.1 Å². The maximum absolute atomic E-state index is 12.5. The number of aromatic amines is 2. The predicted octanol–water partition coefficient (Wildman–Crippen LogP) is 2.82. The lowest BCUT2D eigenvalue weighted by Crippen LogP contribution is -2.33. The first-order valence-corrected chi connectivity index (χ1v) is 10.1. The molecule has 3 aromatic heterocycles. The van der Waals surface area contributed by atoms with Crippen LogP contribution < -0.4 is 11.0 Å². The molecule has 0 saturated carbocycles. The monoisotopic (exact) mass is 412 g/mol. The highest BCUT2D eigenvalue weighted by Gasteiger charge is 2.16. The Labute approximate surface area is 169 Å². The smallest absolute Gasteiger partial charge is 0.323 e. The van der Waals surface area contributed by atoms with Crippen molar-refractivity contribution in [2.75, 3.05) is 18.4 Å². The molecule has 3 N–H and O–H groups in total. The first kappa shape index (κ1) is 19.1. The number of H-pyrrole nitrogens is 2. The number of amides is 1. The first-order valence-electron chi connectivity index (χ1n) is 9.21. The molecule has 4 rings (SSSR count). The Morgan fingerprint density at radius 1 is 1.24 bits per heavy atom. The van der Waals surface area contributed by atoms with Gasteiger partial charge in [-0.3, -0.25) is 9.69 Å². The summed E-state index contributed by atoms with van der Waals surface area (Å²) < 4.78 is 5.73. The van der Waals surface area contributed by atoms with Crippen molar-refractivity contribution in [3.05, 3.63) is 52.1 Å². The van der Waals surface area contributed by atoms with Crippen LogP contribution >= 0.6 is 11.3 Å². The van der Waals surface area contributed by atoms with Crippen molar-refractivity contribution in [2.45, 2.75) is 19.9 Å². The molecule has 10 heteroatoms. The number of nitrogens with zero attached hydrogens (tertiary/aromatic N) is 3. The highest BCUT2D eigenvalue weighted by molar-refractivity contribution is 7.13. The molecule has 0 aliphatic rings. The second kappa shape index (κ2) is 8.41. The molecule has 0 radical (unpaired) electrons. The van der Waals surface area contributed by atoms with Gasteiger partial charge in [-0.2, -0.15) is 0 Å². The molecular formula is C19H20N6O3S. The van der Waals surface area contributed by atoms with Gasteiger partial charge in [-0.1, -0.05) is 13.0 Å². The summed E-state index contributed by atoms with van der Waals surface area (Å²) in [6.45, 7) is 3.34. The van der Waals surface area contributed by atoms with Gasteiger partial charge >= 0.3 is 5.69 Å². The van der Waals surface area contributed by atoms with Crippen LogP contribution in [0, 0.1) is 0 Å².